The fourth-order valence-corrected chi connectivity index (χ4v) is 3.92. The number of nitrogens with one attached hydrogen (secondary N) is 1. The summed E-state index contributed by atoms with van der Waals surface area (Å²) in [6.45, 7) is 5.32. The van der Waals surface area contributed by atoms with Gasteiger partial charge in [0.05, 0.1) is 21.8 Å². The smallest absolute Gasteiger partial charge is 0.214 e. The van der Waals surface area contributed by atoms with Gasteiger partial charge in [0.2, 0.25) is 5.16 Å². The minimum absolute atomic E-state index is 0.0171. The summed E-state index contributed by atoms with van der Waals surface area (Å²) in [5.41, 5.74) is 1.95. The summed E-state index contributed by atoms with van der Waals surface area (Å²) in [7, 11) is 0. The monoisotopic (exact) mass is 437 g/mol. The third-order valence-electron chi connectivity index (χ3n) is 3.69. The van der Waals surface area contributed by atoms with Crippen molar-refractivity contribution in [2.24, 2.45) is 0 Å². The first-order valence-electron chi connectivity index (χ1n) is 8.86. The van der Waals surface area contributed by atoms with Crippen molar-refractivity contribution >= 4 is 35.0 Å². The molecule has 1 aromatic heterocycles. The number of tetrazole rings is 1. The van der Waals surface area contributed by atoms with Crippen LogP contribution in [0.2, 0.25) is 10.0 Å². The summed E-state index contributed by atoms with van der Waals surface area (Å²) < 4.78 is 7.39. The fourth-order valence-electron chi connectivity index (χ4n) is 2.51. The van der Waals surface area contributed by atoms with E-state index in [-0.39, 0.29) is 6.10 Å². The molecule has 3 rings (SSSR count). The van der Waals surface area contributed by atoms with Crippen molar-refractivity contribution < 1.29 is 4.74 Å². The summed E-state index contributed by atoms with van der Waals surface area (Å²) in [5.74, 6) is 1.36. The average molecular weight is 438 g/mol. The summed E-state index contributed by atoms with van der Waals surface area (Å²) in [6.07, 6.45) is 0.0171. The number of para-hydroxylation sites is 1. The fraction of sp³-hybridized carbons (Fsp3) is 0.316. The van der Waals surface area contributed by atoms with Crippen LogP contribution in [0, 0.1) is 0 Å². The van der Waals surface area contributed by atoms with Crippen LogP contribution in [0.25, 0.3) is 5.69 Å². The molecular formula is C19H21Cl2N5OS. The van der Waals surface area contributed by atoms with Gasteiger partial charge < -0.3 is 10.1 Å². The molecule has 3 aromatic rings. The van der Waals surface area contributed by atoms with E-state index in [1.807, 2.05) is 56.3 Å². The molecule has 0 saturated carbocycles. The van der Waals surface area contributed by atoms with E-state index in [1.54, 1.807) is 16.4 Å². The van der Waals surface area contributed by atoms with E-state index in [0.717, 1.165) is 28.7 Å². The Bertz CT molecular complexity index is 881. The quantitative estimate of drug-likeness (QED) is 0.388. The van der Waals surface area contributed by atoms with E-state index in [2.05, 4.69) is 20.8 Å². The number of ether oxygens (including phenoxy) is 1. The molecule has 28 heavy (non-hydrogen) atoms. The number of halogens is 2. The molecule has 0 unspecified atom stereocenters. The lowest BCUT2D eigenvalue weighted by atomic mass is 10.2. The first-order valence-corrected chi connectivity index (χ1v) is 10.6. The van der Waals surface area contributed by atoms with E-state index in [0.29, 0.717) is 22.3 Å². The highest BCUT2D eigenvalue weighted by Gasteiger charge is 2.12. The van der Waals surface area contributed by atoms with Gasteiger partial charge in [-0.15, -0.1) is 5.10 Å². The second-order valence-electron chi connectivity index (χ2n) is 6.29. The van der Waals surface area contributed by atoms with Crippen molar-refractivity contribution in [3.05, 3.63) is 58.1 Å². The first kappa shape index (κ1) is 20.9. The Morgan fingerprint density at radius 3 is 2.54 bits per heavy atom. The molecule has 1 heterocycles. The Morgan fingerprint density at radius 1 is 1.14 bits per heavy atom. The van der Waals surface area contributed by atoms with E-state index in [1.165, 1.54) is 0 Å². The molecule has 0 atom stereocenters. The SMILES string of the molecule is CC(C)Oc1c(Cl)cc(CNCCSc2nnnn2-c2ccccc2)cc1Cl. The minimum Gasteiger partial charge on any atom is -0.488 e. The summed E-state index contributed by atoms with van der Waals surface area (Å²) in [4.78, 5) is 0. The number of hydrogen-bond donors (Lipinski definition) is 1. The zero-order chi connectivity index (χ0) is 19.9. The van der Waals surface area contributed by atoms with Gasteiger partial charge >= 0.3 is 0 Å². The highest BCUT2D eigenvalue weighted by Crippen LogP contribution is 2.34. The lowest BCUT2D eigenvalue weighted by Gasteiger charge is -2.14. The van der Waals surface area contributed by atoms with E-state index in [4.69, 9.17) is 27.9 Å². The molecule has 1 N–H and O–H groups in total. The van der Waals surface area contributed by atoms with E-state index in [9.17, 15) is 0 Å². The molecule has 148 valence electrons. The van der Waals surface area contributed by atoms with Gasteiger partial charge in [-0.2, -0.15) is 4.68 Å². The second-order valence-corrected chi connectivity index (χ2v) is 8.17. The molecule has 0 saturated heterocycles. The van der Waals surface area contributed by atoms with Crippen molar-refractivity contribution in [2.45, 2.75) is 31.7 Å². The predicted octanol–water partition coefficient (Wildman–Crippen LogP) is 4.64. The Labute approximate surface area is 178 Å². The maximum absolute atomic E-state index is 6.30. The molecule has 0 radical (unpaired) electrons. The first-order chi connectivity index (χ1) is 13.5. The maximum atomic E-state index is 6.30. The molecule has 6 nitrogen and oxygen atoms in total. The van der Waals surface area contributed by atoms with Crippen molar-refractivity contribution in [3.63, 3.8) is 0 Å². The van der Waals surface area contributed by atoms with Crippen LogP contribution in [0.4, 0.5) is 0 Å². The third kappa shape index (κ3) is 5.61. The lowest BCUT2D eigenvalue weighted by Crippen LogP contribution is -2.17. The molecular weight excluding hydrogens is 417 g/mol. The standard InChI is InChI=1S/C19H21Cl2N5OS/c1-13(2)27-18-16(20)10-14(11-17(18)21)12-22-8-9-28-19-23-24-25-26(19)15-6-4-3-5-7-15/h3-7,10-11,13,22H,8-9,12H2,1-2H3. The molecule has 0 fully saturated rings. The topological polar surface area (TPSA) is 64.9 Å². The minimum atomic E-state index is 0.0171. The van der Waals surface area contributed by atoms with Gasteiger partial charge in [-0.3, -0.25) is 0 Å². The van der Waals surface area contributed by atoms with E-state index < -0.39 is 0 Å². The molecule has 0 aliphatic carbocycles. The number of rotatable bonds is 9. The number of benzene rings is 2. The lowest BCUT2D eigenvalue weighted by molar-refractivity contribution is 0.242. The van der Waals surface area contributed by atoms with Crippen molar-refractivity contribution in [2.75, 3.05) is 12.3 Å². The zero-order valence-corrected chi connectivity index (χ0v) is 17.9. The predicted molar refractivity (Wildman–Crippen MR) is 114 cm³/mol. The van der Waals surface area contributed by atoms with Gasteiger partial charge in [0.15, 0.2) is 5.75 Å². The van der Waals surface area contributed by atoms with Crippen LogP contribution in [-0.2, 0) is 6.54 Å². The Hall–Kier alpha value is -1.80. The van der Waals surface area contributed by atoms with Crippen molar-refractivity contribution in [1.82, 2.24) is 25.5 Å². The highest BCUT2D eigenvalue weighted by atomic mass is 35.5. The summed E-state index contributed by atoms with van der Waals surface area (Å²) in [6, 6.07) is 13.6. The number of aromatic nitrogens is 4. The number of thioether (sulfide) groups is 1. The molecule has 0 aliphatic heterocycles. The molecule has 0 spiro atoms. The Morgan fingerprint density at radius 2 is 1.86 bits per heavy atom. The maximum Gasteiger partial charge on any atom is 0.214 e. The van der Waals surface area contributed by atoms with Gasteiger partial charge in [-0.05, 0) is 54.1 Å². The summed E-state index contributed by atoms with van der Waals surface area (Å²) in [5, 5.41) is 17.1. The van der Waals surface area contributed by atoms with Crippen molar-refractivity contribution in [3.8, 4) is 11.4 Å². The second kappa shape index (κ2) is 10.1. The molecule has 0 bridgehead atoms. The van der Waals surface area contributed by atoms with E-state index >= 15 is 0 Å². The third-order valence-corrected chi connectivity index (χ3v) is 5.17. The number of nitrogens with zero attached hydrogens (tertiary/aromatic N) is 4. The van der Waals surface area contributed by atoms with Crippen LogP contribution < -0.4 is 10.1 Å². The largest absolute Gasteiger partial charge is 0.488 e. The zero-order valence-electron chi connectivity index (χ0n) is 15.6. The summed E-state index contributed by atoms with van der Waals surface area (Å²) >= 11 is 14.2. The number of hydrogen-bond acceptors (Lipinski definition) is 6. The Balaban J connectivity index is 1.49. The van der Waals surface area contributed by atoms with Crippen LogP contribution in [0.15, 0.2) is 47.6 Å². The molecule has 9 heteroatoms. The van der Waals surface area contributed by atoms with Crippen LogP contribution >= 0.6 is 35.0 Å². The average Bonchev–Trinajstić information content (AvgIpc) is 3.13. The highest BCUT2D eigenvalue weighted by molar-refractivity contribution is 7.99. The van der Waals surface area contributed by atoms with Gasteiger partial charge in [0.25, 0.3) is 0 Å². The molecule has 2 aromatic carbocycles. The van der Waals surface area contributed by atoms with Crippen LogP contribution in [-0.4, -0.2) is 38.6 Å². The van der Waals surface area contributed by atoms with Gasteiger partial charge in [0.1, 0.15) is 0 Å². The molecule has 0 aliphatic rings. The normalized spacial score (nSPS) is 11.2. The van der Waals surface area contributed by atoms with Crippen molar-refractivity contribution in [1.29, 1.82) is 0 Å². The van der Waals surface area contributed by atoms with Crippen LogP contribution in [0.5, 0.6) is 5.75 Å². The molecule has 0 amide bonds. The van der Waals surface area contributed by atoms with Crippen LogP contribution in [0.3, 0.4) is 0 Å². The van der Waals surface area contributed by atoms with Gasteiger partial charge in [-0.1, -0.05) is 53.2 Å². The Kier molecular flexibility index (Phi) is 7.56. The van der Waals surface area contributed by atoms with Crippen LogP contribution in [0.1, 0.15) is 19.4 Å². The van der Waals surface area contributed by atoms with Gasteiger partial charge in [-0.25, -0.2) is 0 Å². The van der Waals surface area contributed by atoms with Gasteiger partial charge in [0, 0.05) is 18.8 Å².